The normalized spacial score (nSPS) is 10.3. The van der Waals surface area contributed by atoms with E-state index >= 15 is 0 Å². The lowest BCUT2D eigenvalue weighted by atomic mass is 10.1. The summed E-state index contributed by atoms with van der Waals surface area (Å²) in [5, 5.41) is 0. The van der Waals surface area contributed by atoms with Crippen molar-refractivity contribution in [1.82, 2.24) is 0 Å². The van der Waals surface area contributed by atoms with Crippen LogP contribution in [0.25, 0.3) is 0 Å². The van der Waals surface area contributed by atoms with Gasteiger partial charge < -0.3 is 4.74 Å². The monoisotopic (exact) mass is 276 g/mol. The van der Waals surface area contributed by atoms with E-state index in [-0.39, 0.29) is 30.4 Å². The van der Waals surface area contributed by atoms with E-state index < -0.39 is 5.82 Å². The first kappa shape index (κ1) is 14.2. The van der Waals surface area contributed by atoms with Crippen LogP contribution in [-0.2, 0) is 0 Å². The van der Waals surface area contributed by atoms with E-state index in [2.05, 4.69) is 0 Å². The zero-order chi connectivity index (χ0) is 14.5. The highest BCUT2D eigenvalue weighted by atomic mass is 19.1. The molecule has 0 atom stereocenters. The van der Waals surface area contributed by atoms with E-state index in [1.807, 2.05) is 6.92 Å². The number of ketones is 1. The van der Waals surface area contributed by atoms with Crippen molar-refractivity contribution in [3.8, 4) is 5.75 Å². The summed E-state index contributed by atoms with van der Waals surface area (Å²) >= 11 is 0. The van der Waals surface area contributed by atoms with Gasteiger partial charge in [-0.3, -0.25) is 4.79 Å². The minimum Gasteiger partial charge on any atom is -0.490 e. The van der Waals surface area contributed by atoms with Crippen LogP contribution >= 0.6 is 0 Å². The highest BCUT2D eigenvalue weighted by Gasteiger charge is 2.08. The third-order valence-electron chi connectivity index (χ3n) is 2.84. The summed E-state index contributed by atoms with van der Waals surface area (Å²) in [7, 11) is 0. The summed E-state index contributed by atoms with van der Waals surface area (Å²) in [6.45, 7) is 1.91. The third kappa shape index (κ3) is 3.63. The molecular formula is C16H14F2O2. The number of ether oxygens (including phenoxy) is 1. The Morgan fingerprint density at radius 1 is 1.10 bits per heavy atom. The predicted molar refractivity (Wildman–Crippen MR) is 72.0 cm³/mol. The lowest BCUT2D eigenvalue weighted by molar-refractivity contribution is 0.0961. The van der Waals surface area contributed by atoms with E-state index in [1.165, 1.54) is 30.3 Å². The summed E-state index contributed by atoms with van der Waals surface area (Å²) in [6.07, 6.45) is 0.110. The molecule has 0 aliphatic heterocycles. The number of carbonyl (C=O) groups is 1. The Morgan fingerprint density at radius 2 is 1.80 bits per heavy atom. The van der Waals surface area contributed by atoms with Gasteiger partial charge >= 0.3 is 0 Å². The molecule has 0 N–H and O–H groups in total. The maximum absolute atomic E-state index is 13.4. The van der Waals surface area contributed by atoms with Crippen LogP contribution in [0.5, 0.6) is 5.75 Å². The van der Waals surface area contributed by atoms with Crippen LogP contribution in [0.2, 0.25) is 0 Å². The molecule has 104 valence electrons. The molecule has 0 heterocycles. The Balaban J connectivity index is 1.91. The summed E-state index contributed by atoms with van der Waals surface area (Å²) in [6, 6.07) is 9.86. The van der Waals surface area contributed by atoms with Gasteiger partial charge in [0.1, 0.15) is 5.82 Å². The molecule has 0 fully saturated rings. The Kier molecular flexibility index (Phi) is 4.45. The van der Waals surface area contributed by atoms with Crippen LogP contribution in [0.1, 0.15) is 22.3 Å². The largest absolute Gasteiger partial charge is 0.490 e. The third-order valence-corrected chi connectivity index (χ3v) is 2.84. The average Bonchev–Trinajstić information content (AvgIpc) is 2.43. The van der Waals surface area contributed by atoms with Crippen LogP contribution in [0.15, 0.2) is 42.5 Å². The van der Waals surface area contributed by atoms with Gasteiger partial charge in [-0.1, -0.05) is 6.07 Å². The zero-order valence-corrected chi connectivity index (χ0v) is 11.0. The first-order valence-corrected chi connectivity index (χ1v) is 6.24. The lowest BCUT2D eigenvalue weighted by Gasteiger charge is -2.07. The smallest absolute Gasteiger partial charge is 0.166 e. The molecule has 2 rings (SSSR count). The minimum atomic E-state index is -0.454. The number of aryl methyl sites for hydroxylation is 1. The van der Waals surface area contributed by atoms with Crippen molar-refractivity contribution in [3.05, 3.63) is 65.2 Å². The molecule has 0 radical (unpaired) electrons. The van der Waals surface area contributed by atoms with E-state index in [0.29, 0.717) is 5.56 Å². The molecule has 2 nitrogen and oxygen atoms in total. The van der Waals surface area contributed by atoms with Gasteiger partial charge in [-0.15, -0.1) is 0 Å². The molecule has 0 aliphatic rings. The van der Waals surface area contributed by atoms with Crippen molar-refractivity contribution in [2.75, 3.05) is 6.61 Å². The predicted octanol–water partition coefficient (Wildman–Crippen LogP) is 3.93. The van der Waals surface area contributed by atoms with Crippen LogP contribution in [0, 0.1) is 18.6 Å². The van der Waals surface area contributed by atoms with Gasteiger partial charge in [0.25, 0.3) is 0 Å². The van der Waals surface area contributed by atoms with Gasteiger partial charge in [0, 0.05) is 12.0 Å². The Bertz CT molecular complexity index is 606. The number of benzene rings is 2. The minimum absolute atomic E-state index is 0.0799. The topological polar surface area (TPSA) is 26.3 Å². The van der Waals surface area contributed by atoms with Crippen LogP contribution in [-0.4, -0.2) is 12.4 Å². The van der Waals surface area contributed by atoms with Crippen LogP contribution in [0.4, 0.5) is 8.78 Å². The number of carbonyl (C=O) groups excluding carboxylic acids is 1. The van der Waals surface area contributed by atoms with Crippen LogP contribution in [0.3, 0.4) is 0 Å². The van der Waals surface area contributed by atoms with Gasteiger partial charge in [-0.05, 0) is 48.9 Å². The second-order valence-electron chi connectivity index (χ2n) is 4.46. The fourth-order valence-corrected chi connectivity index (χ4v) is 1.75. The molecular weight excluding hydrogens is 262 g/mol. The quantitative estimate of drug-likeness (QED) is 0.773. The molecule has 0 aromatic heterocycles. The van der Waals surface area contributed by atoms with E-state index in [1.54, 1.807) is 12.1 Å². The van der Waals surface area contributed by atoms with Crippen molar-refractivity contribution < 1.29 is 18.3 Å². The molecule has 4 heteroatoms. The Morgan fingerprint density at radius 3 is 2.50 bits per heavy atom. The summed E-state index contributed by atoms with van der Waals surface area (Å²) in [5.41, 5.74) is 1.30. The van der Waals surface area contributed by atoms with Crippen molar-refractivity contribution in [2.24, 2.45) is 0 Å². The molecule has 0 aliphatic carbocycles. The number of hydrogen-bond donors (Lipinski definition) is 0. The summed E-state index contributed by atoms with van der Waals surface area (Å²) in [5.74, 6) is -0.876. The highest BCUT2D eigenvalue weighted by molar-refractivity contribution is 5.96. The number of Topliss-reactive ketones (excluding diaryl/α,β-unsaturated/α-hetero) is 1. The average molecular weight is 276 g/mol. The van der Waals surface area contributed by atoms with Crippen molar-refractivity contribution in [1.29, 1.82) is 0 Å². The standard InChI is InChI=1S/C16H14F2O2/c1-11-2-7-14(18)16(10-11)20-9-8-15(19)12-3-5-13(17)6-4-12/h2-7,10H,8-9H2,1H3. The molecule has 0 amide bonds. The highest BCUT2D eigenvalue weighted by Crippen LogP contribution is 2.18. The molecule has 0 spiro atoms. The molecule has 2 aromatic carbocycles. The van der Waals surface area contributed by atoms with E-state index in [4.69, 9.17) is 4.74 Å². The first-order chi connectivity index (χ1) is 9.56. The van der Waals surface area contributed by atoms with E-state index in [0.717, 1.165) is 5.56 Å². The number of hydrogen-bond acceptors (Lipinski definition) is 2. The maximum Gasteiger partial charge on any atom is 0.166 e. The fourth-order valence-electron chi connectivity index (χ4n) is 1.75. The number of halogens is 2. The maximum atomic E-state index is 13.4. The Labute approximate surface area is 116 Å². The van der Waals surface area contributed by atoms with Crippen molar-refractivity contribution in [2.45, 2.75) is 13.3 Å². The SMILES string of the molecule is Cc1ccc(F)c(OCCC(=O)c2ccc(F)cc2)c1. The lowest BCUT2D eigenvalue weighted by Crippen LogP contribution is -2.07. The second-order valence-corrected chi connectivity index (χ2v) is 4.46. The second kappa shape index (κ2) is 6.28. The van der Waals surface area contributed by atoms with Gasteiger partial charge in [-0.25, -0.2) is 8.78 Å². The molecule has 2 aromatic rings. The van der Waals surface area contributed by atoms with Crippen molar-refractivity contribution >= 4 is 5.78 Å². The summed E-state index contributed by atoms with van der Waals surface area (Å²) in [4.78, 5) is 11.8. The van der Waals surface area contributed by atoms with Gasteiger partial charge in [-0.2, -0.15) is 0 Å². The molecule has 20 heavy (non-hydrogen) atoms. The molecule has 0 saturated carbocycles. The van der Waals surface area contributed by atoms with Crippen molar-refractivity contribution in [3.63, 3.8) is 0 Å². The number of rotatable bonds is 5. The molecule has 0 unspecified atom stereocenters. The van der Waals surface area contributed by atoms with Gasteiger partial charge in [0.2, 0.25) is 0 Å². The molecule has 0 saturated heterocycles. The zero-order valence-electron chi connectivity index (χ0n) is 11.0. The summed E-state index contributed by atoms with van der Waals surface area (Å²) < 4.78 is 31.4. The molecule has 0 bridgehead atoms. The van der Waals surface area contributed by atoms with Crippen LogP contribution < -0.4 is 4.74 Å². The van der Waals surface area contributed by atoms with Gasteiger partial charge in [0.15, 0.2) is 17.3 Å². The van der Waals surface area contributed by atoms with E-state index in [9.17, 15) is 13.6 Å². The fraction of sp³-hybridized carbons (Fsp3) is 0.188. The Hall–Kier alpha value is -2.23. The first-order valence-electron chi connectivity index (χ1n) is 6.24. The van der Waals surface area contributed by atoms with Gasteiger partial charge in [0.05, 0.1) is 6.61 Å².